The summed E-state index contributed by atoms with van der Waals surface area (Å²) in [7, 11) is -3.16. The summed E-state index contributed by atoms with van der Waals surface area (Å²) in [5.41, 5.74) is 2.79. The van der Waals surface area contributed by atoms with E-state index in [2.05, 4.69) is 11.4 Å². The van der Waals surface area contributed by atoms with E-state index in [1.165, 1.54) is 16.1 Å². The Kier molecular flexibility index (Phi) is 6.36. The van der Waals surface area contributed by atoms with Crippen molar-refractivity contribution in [2.24, 2.45) is 0 Å². The minimum absolute atomic E-state index is 0.0256. The minimum Gasteiger partial charge on any atom is -0.489 e. The van der Waals surface area contributed by atoms with Gasteiger partial charge in [-0.3, -0.25) is 4.79 Å². The van der Waals surface area contributed by atoms with Gasteiger partial charge in [0.15, 0.2) is 0 Å². The third kappa shape index (κ3) is 5.56. The molecule has 1 aliphatic rings. The van der Waals surface area contributed by atoms with Gasteiger partial charge in [0.1, 0.15) is 12.4 Å². The summed E-state index contributed by atoms with van der Waals surface area (Å²) in [6.45, 7) is 3.35. The predicted molar refractivity (Wildman–Crippen MR) is 109 cm³/mol. The lowest BCUT2D eigenvalue weighted by Gasteiger charge is -2.30. The van der Waals surface area contributed by atoms with Gasteiger partial charge in [0.2, 0.25) is 10.0 Å². The van der Waals surface area contributed by atoms with Gasteiger partial charge >= 0.3 is 0 Å². The molecule has 0 spiro atoms. The standard InChI is InChI=1S/C21H26N2O4S/c1-16-5-3-6-17(13-16)15-27-20-8-4-7-18(14-20)21(24)22-19-9-11-23(12-10-19)28(2,25)26/h3-8,13-14,19H,9-12,15H2,1-2H3,(H,22,24). The normalized spacial score (nSPS) is 15.9. The number of rotatable bonds is 6. The first-order chi connectivity index (χ1) is 13.3. The third-order valence-electron chi connectivity index (χ3n) is 4.84. The van der Waals surface area contributed by atoms with Crippen LogP contribution in [0.25, 0.3) is 0 Å². The average Bonchev–Trinajstić information content (AvgIpc) is 2.66. The van der Waals surface area contributed by atoms with Crippen LogP contribution in [-0.4, -0.2) is 44.0 Å². The monoisotopic (exact) mass is 402 g/mol. The number of carbonyl (C=O) groups is 1. The number of hydrogen-bond acceptors (Lipinski definition) is 4. The van der Waals surface area contributed by atoms with Crippen LogP contribution in [0.1, 0.15) is 34.3 Å². The van der Waals surface area contributed by atoms with Gasteiger partial charge in [-0.1, -0.05) is 35.9 Å². The van der Waals surface area contributed by atoms with Crippen molar-refractivity contribution in [1.29, 1.82) is 0 Å². The van der Waals surface area contributed by atoms with Crippen LogP contribution < -0.4 is 10.1 Å². The van der Waals surface area contributed by atoms with Crippen LogP contribution in [0.3, 0.4) is 0 Å². The highest BCUT2D eigenvalue weighted by molar-refractivity contribution is 7.88. The van der Waals surface area contributed by atoms with Gasteiger partial charge in [0, 0.05) is 24.7 Å². The molecule has 1 aliphatic heterocycles. The number of amides is 1. The molecule has 1 heterocycles. The van der Waals surface area contributed by atoms with E-state index in [0.29, 0.717) is 43.9 Å². The van der Waals surface area contributed by atoms with E-state index in [0.717, 1.165) is 5.56 Å². The van der Waals surface area contributed by atoms with Crippen LogP contribution in [0.5, 0.6) is 5.75 Å². The summed E-state index contributed by atoms with van der Waals surface area (Å²) in [6, 6.07) is 15.2. The van der Waals surface area contributed by atoms with Crippen LogP contribution in [0.15, 0.2) is 48.5 Å². The number of sulfonamides is 1. The van der Waals surface area contributed by atoms with Crippen molar-refractivity contribution in [1.82, 2.24) is 9.62 Å². The van der Waals surface area contributed by atoms with Gasteiger partial charge < -0.3 is 10.1 Å². The quantitative estimate of drug-likeness (QED) is 0.806. The topological polar surface area (TPSA) is 75.7 Å². The molecule has 1 N–H and O–H groups in total. The molecule has 1 amide bonds. The molecule has 0 atom stereocenters. The number of hydrogen-bond donors (Lipinski definition) is 1. The lowest BCUT2D eigenvalue weighted by molar-refractivity contribution is 0.0923. The maximum Gasteiger partial charge on any atom is 0.251 e. The third-order valence-corrected chi connectivity index (χ3v) is 6.15. The van der Waals surface area contributed by atoms with Crippen molar-refractivity contribution in [2.75, 3.05) is 19.3 Å². The van der Waals surface area contributed by atoms with E-state index in [4.69, 9.17) is 4.74 Å². The largest absolute Gasteiger partial charge is 0.489 e. The minimum atomic E-state index is -3.16. The number of aryl methyl sites for hydroxylation is 1. The molecule has 1 saturated heterocycles. The highest BCUT2D eigenvalue weighted by Gasteiger charge is 2.26. The highest BCUT2D eigenvalue weighted by Crippen LogP contribution is 2.18. The Bertz CT molecular complexity index is 935. The molecule has 150 valence electrons. The summed E-state index contributed by atoms with van der Waals surface area (Å²) in [5, 5.41) is 3.00. The molecule has 6 nitrogen and oxygen atoms in total. The summed E-state index contributed by atoms with van der Waals surface area (Å²) >= 11 is 0. The Labute approximate surface area is 166 Å². The lowest BCUT2D eigenvalue weighted by Crippen LogP contribution is -2.46. The Balaban J connectivity index is 1.55. The smallest absolute Gasteiger partial charge is 0.251 e. The van der Waals surface area contributed by atoms with Crippen LogP contribution in [0, 0.1) is 6.92 Å². The van der Waals surface area contributed by atoms with Crippen molar-refractivity contribution in [2.45, 2.75) is 32.4 Å². The first-order valence-electron chi connectivity index (χ1n) is 9.35. The zero-order valence-electron chi connectivity index (χ0n) is 16.2. The Morgan fingerprint density at radius 1 is 1.14 bits per heavy atom. The Hall–Kier alpha value is -2.38. The molecule has 2 aromatic rings. The first kappa shape index (κ1) is 20.4. The number of ether oxygens (including phenoxy) is 1. The van der Waals surface area contributed by atoms with Crippen LogP contribution in [0.2, 0.25) is 0 Å². The summed E-state index contributed by atoms with van der Waals surface area (Å²) < 4.78 is 30.4. The number of carbonyl (C=O) groups excluding carboxylic acids is 1. The van der Waals surface area contributed by atoms with E-state index in [1.54, 1.807) is 18.2 Å². The van der Waals surface area contributed by atoms with Crippen LogP contribution in [-0.2, 0) is 16.6 Å². The fourth-order valence-corrected chi connectivity index (χ4v) is 4.17. The van der Waals surface area contributed by atoms with Crippen molar-refractivity contribution in [3.8, 4) is 5.75 Å². The molecule has 2 aromatic carbocycles. The van der Waals surface area contributed by atoms with Gasteiger partial charge in [-0.25, -0.2) is 12.7 Å². The summed E-state index contributed by atoms with van der Waals surface area (Å²) in [4.78, 5) is 12.6. The average molecular weight is 403 g/mol. The molecule has 3 rings (SSSR count). The zero-order chi connectivity index (χ0) is 20.1. The van der Waals surface area contributed by atoms with Gasteiger partial charge in [-0.15, -0.1) is 0 Å². The number of nitrogens with zero attached hydrogens (tertiary/aromatic N) is 1. The van der Waals surface area contributed by atoms with Crippen molar-refractivity contribution in [3.63, 3.8) is 0 Å². The van der Waals surface area contributed by atoms with Gasteiger partial charge in [-0.05, 0) is 43.5 Å². The molecule has 0 aromatic heterocycles. The SMILES string of the molecule is Cc1cccc(COc2cccc(C(=O)NC3CCN(S(C)(=O)=O)CC3)c2)c1. The summed E-state index contributed by atoms with van der Waals surface area (Å²) in [5.74, 6) is 0.472. The molecule has 0 radical (unpaired) electrons. The maximum atomic E-state index is 12.6. The van der Waals surface area contributed by atoms with Gasteiger partial charge in [0.25, 0.3) is 5.91 Å². The number of piperidine rings is 1. The van der Waals surface area contributed by atoms with Crippen molar-refractivity contribution < 1.29 is 17.9 Å². The fraction of sp³-hybridized carbons (Fsp3) is 0.381. The second-order valence-electron chi connectivity index (χ2n) is 7.22. The van der Waals surface area contributed by atoms with Crippen molar-refractivity contribution in [3.05, 3.63) is 65.2 Å². The van der Waals surface area contributed by atoms with Gasteiger partial charge in [-0.2, -0.15) is 0 Å². The second kappa shape index (κ2) is 8.75. The molecule has 0 aliphatic carbocycles. The van der Waals surface area contributed by atoms with Gasteiger partial charge in [0.05, 0.1) is 6.26 Å². The molecule has 0 bridgehead atoms. The second-order valence-corrected chi connectivity index (χ2v) is 9.20. The molecular weight excluding hydrogens is 376 g/mol. The predicted octanol–water partition coefficient (Wildman–Crippen LogP) is 2.73. The highest BCUT2D eigenvalue weighted by atomic mass is 32.2. The number of benzene rings is 2. The molecule has 28 heavy (non-hydrogen) atoms. The fourth-order valence-electron chi connectivity index (χ4n) is 3.30. The molecule has 0 saturated carbocycles. The lowest BCUT2D eigenvalue weighted by atomic mass is 10.1. The molecule has 0 unspecified atom stereocenters. The first-order valence-corrected chi connectivity index (χ1v) is 11.2. The maximum absolute atomic E-state index is 12.6. The van der Waals surface area contributed by atoms with Crippen molar-refractivity contribution >= 4 is 15.9 Å². The Morgan fingerprint density at radius 3 is 2.54 bits per heavy atom. The van der Waals surface area contributed by atoms with Crippen LogP contribution in [0.4, 0.5) is 0 Å². The molecule has 1 fully saturated rings. The van der Waals surface area contributed by atoms with Crippen LogP contribution >= 0.6 is 0 Å². The van der Waals surface area contributed by atoms with E-state index in [1.807, 2.05) is 31.2 Å². The van der Waals surface area contributed by atoms with E-state index in [9.17, 15) is 13.2 Å². The van der Waals surface area contributed by atoms with E-state index >= 15 is 0 Å². The summed E-state index contributed by atoms with van der Waals surface area (Å²) in [6.07, 6.45) is 2.44. The molecular formula is C21H26N2O4S. The number of nitrogens with one attached hydrogen (secondary N) is 1. The van der Waals surface area contributed by atoms with E-state index in [-0.39, 0.29) is 11.9 Å². The van der Waals surface area contributed by atoms with E-state index < -0.39 is 10.0 Å². The Morgan fingerprint density at radius 2 is 1.86 bits per heavy atom. The zero-order valence-corrected chi connectivity index (χ0v) is 17.0. The molecule has 7 heteroatoms.